The van der Waals surface area contributed by atoms with Gasteiger partial charge in [0, 0.05) is 6.61 Å². The van der Waals surface area contributed by atoms with E-state index in [9.17, 15) is 14.7 Å². The third-order valence-electron chi connectivity index (χ3n) is 3.78. The van der Waals surface area contributed by atoms with Crippen molar-refractivity contribution in [1.29, 1.82) is 0 Å². The second-order valence-electron chi connectivity index (χ2n) is 6.22. The van der Waals surface area contributed by atoms with E-state index >= 15 is 0 Å². The van der Waals surface area contributed by atoms with E-state index in [1.165, 1.54) is 0 Å². The van der Waals surface area contributed by atoms with Crippen molar-refractivity contribution in [2.45, 2.75) is 46.3 Å². The van der Waals surface area contributed by atoms with Gasteiger partial charge in [-0.05, 0) is 31.7 Å². The van der Waals surface area contributed by atoms with Gasteiger partial charge in [0.15, 0.2) is 0 Å². The van der Waals surface area contributed by atoms with Gasteiger partial charge >= 0.3 is 5.97 Å². The maximum atomic E-state index is 12.3. The van der Waals surface area contributed by atoms with Gasteiger partial charge in [-0.3, -0.25) is 9.59 Å². The van der Waals surface area contributed by atoms with Crippen molar-refractivity contribution in [3.63, 3.8) is 0 Å². The Kier molecular flexibility index (Phi) is 7.75. The van der Waals surface area contributed by atoms with Crippen LogP contribution in [0.3, 0.4) is 0 Å². The zero-order valence-corrected chi connectivity index (χ0v) is 14.3. The molecule has 0 bridgehead atoms. The second-order valence-corrected chi connectivity index (χ2v) is 6.22. The molecule has 5 nitrogen and oxygen atoms in total. The molecule has 0 saturated carbocycles. The second kappa shape index (κ2) is 9.30. The van der Waals surface area contributed by atoms with Gasteiger partial charge in [0.05, 0.1) is 12.0 Å². The fourth-order valence-corrected chi connectivity index (χ4v) is 2.13. The Morgan fingerprint density at radius 2 is 1.74 bits per heavy atom. The van der Waals surface area contributed by atoms with Gasteiger partial charge in [-0.15, -0.1) is 0 Å². The molecule has 128 valence electrons. The smallest absolute Gasteiger partial charge is 0.308 e. The highest BCUT2D eigenvalue weighted by atomic mass is 16.5. The number of carbonyl (C=O) groups is 2. The van der Waals surface area contributed by atoms with Crippen molar-refractivity contribution in [1.82, 2.24) is 5.32 Å². The molecular formula is C18H27NO4. The molecule has 0 heterocycles. The zero-order chi connectivity index (χ0) is 17.4. The lowest BCUT2D eigenvalue weighted by molar-refractivity contribution is -0.143. The molecule has 1 aromatic rings. The van der Waals surface area contributed by atoms with Crippen molar-refractivity contribution in [3.05, 3.63) is 35.9 Å². The van der Waals surface area contributed by atoms with Crippen LogP contribution in [-0.2, 0) is 14.3 Å². The standard InChI is InChI=1S/C18H27NO4/c1-12(2)10-11-23-14(4)17(20)19-16(13(3)18(21)22)15-8-6-5-7-9-15/h5-9,12-14,16H,10-11H2,1-4H3,(H,19,20)(H,21,22). The number of amides is 1. The summed E-state index contributed by atoms with van der Waals surface area (Å²) in [5, 5.41) is 12.1. The summed E-state index contributed by atoms with van der Waals surface area (Å²) in [4.78, 5) is 23.6. The molecule has 3 atom stereocenters. The van der Waals surface area contributed by atoms with E-state index in [1.54, 1.807) is 13.8 Å². The number of carboxylic acid groups (broad SMARTS) is 1. The molecule has 0 aliphatic carbocycles. The maximum Gasteiger partial charge on any atom is 0.308 e. The molecule has 23 heavy (non-hydrogen) atoms. The molecule has 0 aliphatic heterocycles. The lowest BCUT2D eigenvalue weighted by atomic mass is 9.94. The third kappa shape index (κ3) is 6.40. The van der Waals surface area contributed by atoms with Crippen molar-refractivity contribution >= 4 is 11.9 Å². The number of carbonyl (C=O) groups excluding carboxylic acids is 1. The van der Waals surface area contributed by atoms with E-state index in [2.05, 4.69) is 19.2 Å². The summed E-state index contributed by atoms with van der Waals surface area (Å²) >= 11 is 0. The third-order valence-corrected chi connectivity index (χ3v) is 3.78. The minimum Gasteiger partial charge on any atom is -0.481 e. The fraction of sp³-hybridized carbons (Fsp3) is 0.556. The highest BCUT2D eigenvalue weighted by Gasteiger charge is 2.28. The fourth-order valence-electron chi connectivity index (χ4n) is 2.13. The van der Waals surface area contributed by atoms with Crippen LogP contribution in [0.25, 0.3) is 0 Å². The van der Waals surface area contributed by atoms with Gasteiger partial charge in [0.1, 0.15) is 6.10 Å². The van der Waals surface area contributed by atoms with Gasteiger partial charge in [-0.1, -0.05) is 44.2 Å². The minimum atomic E-state index is -0.951. The van der Waals surface area contributed by atoms with E-state index in [4.69, 9.17) is 4.74 Å². The average Bonchev–Trinajstić information content (AvgIpc) is 2.51. The quantitative estimate of drug-likeness (QED) is 0.733. The summed E-state index contributed by atoms with van der Waals surface area (Å²) in [5.41, 5.74) is 0.769. The molecule has 0 aromatic heterocycles. The van der Waals surface area contributed by atoms with Crippen LogP contribution in [0, 0.1) is 11.8 Å². The topological polar surface area (TPSA) is 75.6 Å². The van der Waals surface area contributed by atoms with Crippen LogP contribution in [0.15, 0.2) is 30.3 Å². The number of ether oxygens (including phenoxy) is 1. The Morgan fingerprint density at radius 1 is 1.13 bits per heavy atom. The predicted octanol–water partition coefficient (Wildman–Crippen LogP) is 3.02. The van der Waals surface area contributed by atoms with E-state index in [-0.39, 0.29) is 5.91 Å². The van der Waals surface area contributed by atoms with Crippen LogP contribution in [0.1, 0.15) is 45.7 Å². The van der Waals surface area contributed by atoms with Crippen molar-refractivity contribution in [2.75, 3.05) is 6.61 Å². The minimum absolute atomic E-state index is 0.296. The Labute approximate surface area is 138 Å². The lowest BCUT2D eigenvalue weighted by Gasteiger charge is -2.25. The van der Waals surface area contributed by atoms with Crippen molar-refractivity contribution in [2.24, 2.45) is 11.8 Å². The number of benzene rings is 1. The molecule has 1 aromatic carbocycles. The first-order chi connectivity index (χ1) is 10.8. The zero-order valence-electron chi connectivity index (χ0n) is 14.3. The molecule has 0 fully saturated rings. The average molecular weight is 321 g/mol. The van der Waals surface area contributed by atoms with Crippen LogP contribution >= 0.6 is 0 Å². The summed E-state index contributed by atoms with van der Waals surface area (Å²) in [6, 6.07) is 8.55. The molecule has 2 N–H and O–H groups in total. The number of nitrogens with one attached hydrogen (secondary N) is 1. The molecular weight excluding hydrogens is 294 g/mol. The van der Waals surface area contributed by atoms with Crippen LogP contribution in [0.4, 0.5) is 0 Å². The number of carboxylic acids is 1. The van der Waals surface area contributed by atoms with Crippen molar-refractivity contribution < 1.29 is 19.4 Å². The van der Waals surface area contributed by atoms with E-state index < -0.39 is 24.0 Å². The Bertz CT molecular complexity index is 501. The largest absolute Gasteiger partial charge is 0.481 e. The normalized spacial score (nSPS) is 15.0. The summed E-state index contributed by atoms with van der Waals surface area (Å²) in [5.74, 6) is -1.47. The monoisotopic (exact) mass is 321 g/mol. The van der Waals surface area contributed by atoms with Gasteiger partial charge in [0.2, 0.25) is 5.91 Å². The van der Waals surface area contributed by atoms with Crippen LogP contribution in [0.2, 0.25) is 0 Å². The first kappa shape index (κ1) is 19.2. The van der Waals surface area contributed by atoms with Crippen LogP contribution in [-0.4, -0.2) is 29.7 Å². The number of rotatable bonds is 9. The van der Waals surface area contributed by atoms with Gasteiger partial charge in [0.25, 0.3) is 0 Å². The first-order valence-electron chi connectivity index (χ1n) is 8.02. The number of hydrogen-bond donors (Lipinski definition) is 2. The lowest BCUT2D eigenvalue weighted by Crippen LogP contribution is -2.41. The first-order valence-corrected chi connectivity index (χ1v) is 8.02. The predicted molar refractivity (Wildman–Crippen MR) is 89.0 cm³/mol. The molecule has 0 radical (unpaired) electrons. The highest BCUT2D eigenvalue weighted by Crippen LogP contribution is 2.22. The highest BCUT2D eigenvalue weighted by molar-refractivity contribution is 5.82. The summed E-state index contributed by atoms with van der Waals surface area (Å²) in [7, 11) is 0. The van der Waals surface area contributed by atoms with E-state index in [0.717, 1.165) is 12.0 Å². The molecule has 5 heteroatoms. The van der Waals surface area contributed by atoms with E-state index in [0.29, 0.717) is 12.5 Å². The number of aliphatic carboxylic acids is 1. The number of hydrogen-bond acceptors (Lipinski definition) is 3. The van der Waals surface area contributed by atoms with Crippen molar-refractivity contribution in [3.8, 4) is 0 Å². The Morgan fingerprint density at radius 3 is 2.26 bits per heavy atom. The van der Waals surface area contributed by atoms with E-state index in [1.807, 2.05) is 30.3 Å². The summed E-state index contributed by atoms with van der Waals surface area (Å²) < 4.78 is 5.53. The van der Waals surface area contributed by atoms with Gasteiger partial charge in [-0.25, -0.2) is 0 Å². The summed E-state index contributed by atoms with van der Waals surface area (Å²) in [6.45, 7) is 7.96. The molecule has 3 unspecified atom stereocenters. The van der Waals surface area contributed by atoms with Crippen LogP contribution < -0.4 is 5.32 Å². The van der Waals surface area contributed by atoms with Crippen LogP contribution in [0.5, 0.6) is 0 Å². The SMILES string of the molecule is CC(C)CCOC(C)C(=O)NC(c1ccccc1)C(C)C(=O)O. The molecule has 0 saturated heterocycles. The molecule has 1 amide bonds. The van der Waals surface area contributed by atoms with Gasteiger partial charge < -0.3 is 15.2 Å². The molecule has 0 spiro atoms. The summed E-state index contributed by atoms with van der Waals surface area (Å²) in [6.07, 6.45) is 0.270. The molecule has 0 aliphatic rings. The maximum absolute atomic E-state index is 12.3. The van der Waals surface area contributed by atoms with Gasteiger partial charge in [-0.2, -0.15) is 0 Å². The Balaban J connectivity index is 2.73. The molecule has 1 rings (SSSR count). The Hall–Kier alpha value is -1.88.